The average Bonchev–Trinajstić information content (AvgIpc) is 2.61. The number of benzene rings is 2. The van der Waals surface area contributed by atoms with E-state index in [0.29, 0.717) is 16.3 Å². The number of carbonyl (C=O) groups excluding carboxylic acids is 2. The number of hydrazine groups is 1. The second-order valence-electron chi connectivity index (χ2n) is 7.49. The molecule has 0 radical (unpaired) electrons. The second-order valence-corrected chi connectivity index (χ2v) is 7.87. The van der Waals surface area contributed by atoms with Gasteiger partial charge in [-0.1, -0.05) is 44.5 Å². The first-order valence-electron chi connectivity index (χ1n) is 8.67. The zero-order valence-corrected chi connectivity index (χ0v) is 17.0. The number of rotatable bonds is 4. The Kier molecular flexibility index (Phi) is 6.50. The quantitative estimate of drug-likeness (QED) is 0.775. The summed E-state index contributed by atoms with van der Waals surface area (Å²) in [6.07, 6.45) is 0. The Bertz CT molecular complexity index is 816. The molecule has 0 aromatic heterocycles. The van der Waals surface area contributed by atoms with Gasteiger partial charge in [-0.3, -0.25) is 20.4 Å². The lowest BCUT2D eigenvalue weighted by Gasteiger charge is -2.19. The summed E-state index contributed by atoms with van der Waals surface area (Å²) in [6, 6.07) is 10.8. The molecular weight excluding hydrogens is 364 g/mol. The van der Waals surface area contributed by atoms with Crippen molar-refractivity contribution >= 4 is 23.4 Å². The van der Waals surface area contributed by atoms with E-state index in [-0.39, 0.29) is 17.9 Å². The fraction of sp³-hybridized carbons (Fsp3) is 0.333. The molecule has 0 saturated heterocycles. The van der Waals surface area contributed by atoms with Gasteiger partial charge in [-0.25, -0.2) is 0 Å². The highest BCUT2D eigenvalue weighted by Gasteiger charge is 2.14. The van der Waals surface area contributed by atoms with Gasteiger partial charge in [-0.15, -0.1) is 0 Å². The van der Waals surface area contributed by atoms with E-state index < -0.39 is 5.91 Å². The van der Waals surface area contributed by atoms with Crippen LogP contribution in [0.15, 0.2) is 36.4 Å². The van der Waals surface area contributed by atoms with Gasteiger partial charge in [-0.05, 0) is 60.2 Å². The molecule has 0 aliphatic rings. The fourth-order valence-corrected chi connectivity index (χ4v) is 2.60. The predicted octanol–water partition coefficient (Wildman–Crippen LogP) is 4.09. The van der Waals surface area contributed by atoms with E-state index >= 15 is 0 Å². The van der Waals surface area contributed by atoms with Crippen molar-refractivity contribution in [3.05, 3.63) is 63.7 Å². The number of halogens is 1. The Morgan fingerprint density at radius 1 is 1.00 bits per heavy atom. The van der Waals surface area contributed by atoms with Crippen molar-refractivity contribution in [3.63, 3.8) is 0 Å². The standard InChI is InChI=1S/C21H25ClN2O3/c1-13-10-17(11-14(2)19(13)22)27-12-18(25)23-24-20(26)15-6-8-16(9-7-15)21(3,4)5/h6-11H,12H2,1-5H3,(H,23,25)(H,24,26). The molecule has 0 aliphatic carbocycles. The van der Waals surface area contributed by atoms with Crippen molar-refractivity contribution in [1.29, 1.82) is 0 Å². The van der Waals surface area contributed by atoms with Gasteiger partial charge in [0.05, 0.1) is 0 Å². The lowest BCUT2D eigenvalue weighted by molar-refractivity contribution is -0.123. The monoisotopic (exact) mass is 388 g/mol. The van der Waals surface area contributed by atoms with E-state index in [1.165, 1.54) is 0 Å². The second kappa shape index (κ2) is 8.44. The van der Waals surface area contributed by atoms with Gasteiger partial charge in [-0.2, -0.15) is 0 Å². The first-order valence-corrected chi connectivity index (χ1v) is 9.05. The van der Waals surface area contributed by atoms with E-state index in [4.69, 9.17) is 16.3 Å². The molecule has 0 aliphatic heterocycles. The van der Waals surface area contributed by atoms with E-state index in [2.05, 4.69) is 31.6 Å². The Morgan fingerprint density at radius 3 is 2.07 bits per heavy atom. The number of hydrogen-bond donors (Lipinski definition) is 2. The summed E-state index contributed by atoms with van der Waals surface area (Å²) < 4.78 is 5.45. The Labute approximate surface area is 165 Å². The van der Waals surface area contributed by atoms with Crippen LogP contribution in [0, 0.1) is 13.8 Å². The van der Waals surface area contributed by atoms with E-state index in [1.807, 2.05) is 26.0 Å². The van der Waals surface area contributed by atoms with Crippen LogP contribution in [0.1, 0.15) is 47.8 Å². The molecular formula is C21H25ClN2O3. The maximum absolute atomic E-state index is 12.1. The average molecular weight is 389 g/mol. The normalized spacial score (nSPS) is 11.0. The molecule has 0 bridgehead atoms. The number of ether oxygens (including phenoxy) is 1. The molecule has 0 spiro atoms. The van der Waals surface area contributed by atoms with Crippen LogP contribution in [0.5, 0.6) is 5.75 Å². The molecule has 0 atom stereocenters. The lowest BCUT2D eigenvalue weighted by atomic mass is 9.87. The Morgan fingerprint density at radius 2 is 1.56 bits per heavy atom. The maximum atomic E-state index is 12.1. The highest BCUT2D eigenvalue weighted by atomic mass is 35.5. The zero-order valence-electron chi connectivity index (χ0n) is 16.3. The minimum absolute atomic E-state index is 0.0128. The van der Waals surface area contributed by atoms with Crippen LogP contribution in [-0.2, 0) is 10.2 Å². The topological polar surface area (TPSA) is 67.4 Å². The molecule has 0 heterocycles. The fourth-order valence-electron chi connectivity index (χ4n) is 2.49. The van der Waals surface area contributed by atoms with Crippen molar-refractivity contribution in [1.82, 2.24) is 10.9 Å². The molecule has 27 heavy (non-hydrogen) atoms. The van der Waals surface area contributed by atoms with Crippen LogP contribution in [0.25, 0.3) is 0 Å². The summed E-state index contributed by atoms with van der Waals surface area (Å²) in [5, 5.41) is 0.677. The van der Waals surface area contributed by atoms with E-state index in [9.17, 15) is 9.59 Å². The van der Waals surface area contributed by atoms with Crippen LogP contribution in [0.3, 0.4) is 0 Å². The van der Waals surface area contributed by atoms with Gasteiger partial charge in [0.1, 0.15) is 5.75 Å². The number of carbonyl (C=O) groups is 2. The summed E-state index contributed by atoms with van der Waals surface area (Å²) in [4.78, 5) is 24.0. The predicted molar refractivity (Wildman–Crippen MR) is 107 cm³/mol. The number of aryl methyl sites for hydroxylation is 2. The molecule has 144 valence electrons. The lowest BCUT2D eigenvalue weighted by Crippen LogP contribution is -2.43. The first kappa shape index (κ1) is 20.8. The highest BCUT2D eigenvalue weighted by molar-refractivity contribution is 6.32. The number of nitrogens with one attached hydrogen (secondary N) is 2. The van der Waals surface area contributed by atoms with Gasteiger partial charge < -0.3 is 4.74 Å². The summed E-state index contributed by atoms with van der Waals surface area (Å²) >= 11 is 6.11. The Balaban J connectivity index is 1.85. The van der Waals surface area contributed by atoms with Crippen molar-refractivity contribution < 1.29 is 14.3 Å². The molecule has 2 amide bonds. The van der Waals surface area contributed by atoms with Crippen molar-refractivity contribution in [3.8, 4) is 5.75 Å². The zero-order chi connectivity index (χ0) is 20.2. The van der Waals surface area contributed by atoms with Crippen molar-refractivity contribution in [2.24, 2.45) is 0 Å². The Hall–Kier alpha value is -2.53. The van der Waals surface area contributed by atoms with Gasteiger partial charge in [0.2, 0.25) is 0 Å². The van der Waals surface area contributed by atoms with Crippen LogP contribution >= 0.6 is 11.6 Å². The van der Waals surface area contributed by atoms with E-state index in [1.54, 1.807) is 24.3 Å². The van der Waals surface area contributed by atoms with Crippen LogP contribution < -0.4 is 15.6 Å². The van der Waals surface area contributed by atoms with Gasteiger partial charge in [0, 0.05) is 10.6 Å². The number of hydrogen-bond acceptors (Lipinski definition) is 3. The summed E-state index contributed by atoms with van der Waals surface area (Å²) in [6.45, 7) is 9.83. The van der Waals surface area contributed by atoms with Crippen LogP contribution in [0.4, 0.5) is 0 Å². The third-order valence-corrected chi connectivity index (χ3v) is 4.70. The summed E-state index contributed by atoms with van der Waals surface area (Å²) in [7, 11) is 0. The van der Waals surface area contributed by atoms with Gasteiger partial charge in [0.15, 0.2) is 6.61 Å². The molecule has 6 heteroatoms. The van der Waals surface area contributed by atoms with Gasteiger partial charge >= 0.3 is 0 Å². The summed E-state index contributed by atoms with van der Waals surface area (Å²) in [5.74, 6) is -0.296. The third kappa shape index (κ3) is 5.73. The molecule has 2 aromatic rings. The molecule has 2 N–H and O–H groups in total. The molecule has 0 fully saturated rings. The van der Waals surface area contributed by atoms with Crippen LogP contribution in [-0.4, -0.2) is 18.4 Å². The first-order chi connectivity index (χ1) is 12.6. The molecule has 0 unspecified atom stereocenters. The third-order valence-electron chi connectivity index (χ3n) is 4.11. The largest absolute Gasteiger partial charge is 0.484 e. The maximum Gasteiger partial charge on any atom is 0.276 e. The van der Waals surface area contributed by atoms with Gasteiger partial charge in [0.25, 0.3) is 11.8 Å². The smallest absolute Gasteiger partial charge is 0.276 e. The molecule has 2 aromatic carbocycles. The molecule has 0 saturated carbocycles. The molecule has 2 rings (SSSR count). The summed E-state index contributed by atoms with van der Waals surface area (Å²) in [5.41, 5.74) is 8.09. The molecule has 5 nitrogen and oxygen atoms in total. The minimum Gasteiger partial charge on any atom is -0.484 e. The van der Waals surface area contributed by atoms with Crippen molar-refractivity contribution in [2.75, 3.05) is 6.61 Å². The number of amides is 2. The SMILES string of the molecule is Cc1cc(OCC(=O)NNC(=O)c2ccc(C(C)(C)C)cc2)cc(C)c1Cl. The highest BCUT2D eigenvalue weighted by Crippen LogP contribution is 2.25. The van der Waals surface area contributed by atoms with Crippen molar-refractivity contribution in [2.45, 2.75) is 40.0 Å². The van der Waals surface area contributed by atoms with Crippen LogP contribution in [0.2, 0.25) is 5.02 Å². The minimum atomic E-state index is -0.458. The van der Waals surface area contributed by atoms with E-state index in [0.717, 1.165) is 16.7 Å².